The summed E-state index contributed by atoms with van der Waals surface area (Å²) in [7, 11) is 0. The normalized spacial score (nSPS) is 19.6. The first-order valence-electron chi connectivity index (χ1n) is 5.47. The topological polar surface area (TPSA) is 93.6 Å². The van der Waals surface area contributed by atoms with Crippen molar-refractivity contribution >= 4 is 5.91 Å². The van der Waals surface area contributed by atoms with Crippen molar-refractivity contribution in [2.45, 2.75) is 18.9 Å². The molecule has 6 nitrogen and oxygen atoms in total. The maximum atomic E-state index is 12.1. The number of aromatic hydroxyl groups is 1. The highest BCUT2D eigenvalue weighted by atomic mass is 16.3. The SMILES string of the molecule is O=C(c1cc(O)[nH]c(=O)c1)N1CCC[C@@H]1CO. The van der Waals surface area contributed by atoms with E-state index in [4.69, 9.17) is 5.11 Å². The second-order valence-electron chi connectivity index (χ2n) is 4.10. The number of likely N-dealkylation sites (tertiary alicyclic amines) is 1. The predicted octanol–water partition coefficient (Wildman–Crippen LogP) is -0.323. The number of nitrogens with zero attached hydrogens (tertiary/aromatic N) is 1. The van der Waals surface area contributed by atoms with Crippen LogP contribution in [0.15, 0.2) is 16.9 Å². The summed E-state index contributed by atoms with van der Waals surface area (Å²) in [4.78, 5) is 26.9. The molecule has 1 saturated heterocycles. The van der Waals surface area contributed by atoms with Crippen LogP contribution < -0.4 is 5.56 Å². The van der Waals surface area contributed by atoms with E-state index in [1.165, 1.54) is 11.0 Å². The highest BCUT2D eigenvalue weighted by Crippen LogP contribution is 2.19. The Morgan fingerprint density at radius 2 is 2.29 bits per heavy atom. The second kappa shape index (κ2) is 4.58. The van der Waals surface area contributed by atoms with Gasteiger partial charge in [-0.3, -0.25) is 14.6 Å². The van der Waals surface area contributed by atoms with Gasteiger partial charge in [-0.2, -0.15) is 0 Å². The van der Waals surface area contributed by atoms with Crippen LogP contribution in [0.2, 0.25) is 0 Å². The van der Waals surface area contributed by atoms with Crippen molar-refractivity contribution in [2.24, 2.45) is 0 Å². The van der Waals surface area contributed by atoms with Gasteiger partial charge in [-0.05, 0) is 12.8 Å². The number of carbonyl (C=O) groups is 1. The molecule has 2 rings (SSSR count). The first-order chi connectivity index (χ1) is 8.11. The molecule has 92 valence electrons. The van der Waals surface area contributed by atoms with Crippen LogP contribution in [0, 0.1) is 0 Å². The van der Waals surface area contributed by atoms with Crippen LogP contribution in [0.5, 0.6) is 5.88 Å². The van der Waals surface area contributed by atoms with Crippen molar-refractivity contribution < 1.29 is 15.0 Å². The molecule has 1 aliphatic heterocycles. The number of amides is 1. The monoisotopic (exact) mass is 238 g/mol. The molecule has 3 N–H and O–H groups in total. The molecular formula is C11H14N2O4. The summed E-state index contributed by atoms with van der Waals surface area (Å²) in [6, 6.07) is 2.18. The number of aromatic nitrogens is 1. The number of aliphatic hydroxyl groups is 1. The Bertz CT molecular complexity index is 483. The van der Waals surface area contributed by atoms with E-state index in [9.17, 15) is 14.7 Å². The molecule has 0 aliphatic carbocycles. The van der Waals surface area contributed by atoms with Crippen molar-refractivity contribution in [2.75, 3.05) is 13.2 Å². The van der Waals surface area contributed by atoms with Gasteiger partial charge in [0.2, 0.25) is 0 Å². The minimum Gasteiger partial charge on any atom is -0.494 e. The first kappa shape index (κ1) is 11.7. The first-order valence-corrected chi connectivity index (χ1v) is 5.47. The van der Waals surface area contributed by atoms with Crippen LogP contribution in [0.3, 0.4) is 0 Å². The lowest BCUT2D eigenvalue weighted by Crippen LogP contribution is -2.38. The fraction of sp³-hybridized carbons (Fsp3) is 0.455. The van der Waals surface area contributed by atoms with Gasteiger partial charge in [0, 0.05) is 18.7 Å². The van der Waals surface area contributed by atoms with E-state index in [1.807, 2.05) is 0 Å². The third-order valence-electron chi connectivity index (χ3n) is 2.93. The molecule has 0 saturated carbocycles. The summed E-state index contributed by atoms with van der Waals surface area (Å²) < 4.78 is 0. The molecule has 0 aromatic carbocycles. The molecule has 1 fully saturated rings. The van der Waals surface area contributed by atoms with Crippen molar-refractivity contribution in [3.8, 4) is 5.88 Å². The van der Waals surface area contributed by atoms with Gasteiger partial charge in [-0.15, -0.1) is 0 Å². The number of pyridine rings is 1. The number of hydrogen-bond donors (Lipinski definition) is 3. The molecule has 17 heavy (non-hydrogen) atoms. The molecule has 1 aromatic heterocycles. The Balaban J connectivity index is 2.27. The zero-order valence-corrected chi connectivity index (χ0v) is 9.22. The van der Waals surface area contributed by atoms with Gasteiger partial charge in [-0.1, -0.05) is 0 Å². The van der Waals surface area contributed by atoms with Crippen molar-refractivity contribution in [3.63, 3.8) is 0 Å². The quantitative estimate of drug-likeness (QED) is 0.658. The molecule has 2 heterocycles. The molecule has 1 aromatic rings. The number of hydrogen-bond acceptors (Lipinski definition) is 4. The Morgan fingerprint density at radius 3 is 2.94 bits per heavy atom. The summed E-state index contributed by atoms with van der Waals surface area (Å²) in [5.74, 6) is -0.663. The van der Waals surface area contributed by atoms with E-state index in [2.05, 4.69) is 4.98 Å². The minimum absolute atomic E-state index is 0.0824. The lowest BCUT2D eigenvalue weighted by atomic mass is 10.2. The van der Waals surface area contributed by atoms with Crippen LogP contribution in [0.4, 0.5) is 0 Å². The van der Waals surface area contributed by atoms with Crippen molar-refractivity contribution in [1.29, 1.82) is 0 Å². The molecule has 1 aliphatic rings. The van der Waals surface area contributed by atoms with Crippen LogP contribution in [-0.2, 0) is 0 Å². The van der Waals surface area contributed by atoms with Crippen LogP contribution in [0.25, 0.3) is 0 Å². The Kier molecular flexibility index (Phi) is 3.14. The van der Waals surface area contributed by atoms with Gasteiger partial charge < -0.3 is 15.1 Å². The van der Waals surface area contributed by atoms with E-state index < -0.39 is 5.56 Å². The Morgan fingerprint density at radius 1 is 1.53 bits per heavy atom. The van der Waals surface area contributed by atoms with Crippen LogP contribution in [-0.4, -0.2) is 45.2 Å². The Hall–Kier alpha value is -1.82. The van der Waals surface area contributed by atoms with Crippen molar-refractivity contribution in [3.05, 3.63) is 28.0 Å². The van der Waals surface area contributed by atoms with E-state index in [-0.39, 0.29) is 30.0 Å². The number of nitrogens with one attached hydrogen (secondary N) is 1. The second-order valence-corrected chi connectivity index (χ2v) is 4.10. The summed E-state index contributed by atoms with van der Waals surface area (Å²) in [6.07, 6.45) is 1.60. The molecule has 1 atom stereocenters. The largest absolute Gasteiger partial charge is 0.494 e. The standard InChI is InChI=1S/C11H14N2O4/c14-6-8-2-1-3-13(8)11(17)7-4-9(15)12-10(16)5-7/h4-5,8,14H,1-3,6H2,(H2,12,15,16)/t8-/m1/s1. The predicted molar refractivity (Wildman–Crippen MR) is 59.9 cm³/mol. The van der Waals surface area contributed by atoms with Crippen LogP contribution >= 0.6 is 0 Å². The molecule has 0 spiro atoms. The van der Waals surface area contributed by atoms with Gasteiger partial charge >= 0.3 is 0 Å². The van der Waals surface area contributed by atoms with E-state index in [0.29, 0.717) is 6.54 Å². The fourth-order valence-electron chi connectivity index (χ4n) is 2.11. The molecule has 0 bridgehead atoms. The maximum absolute atomic E-state index is 12.1. The van der Waals surface area contributed by atoms with Gasteiger partial charge in [0.15, 0.2) is 5.88 Å². The zero-order chi connectivity index (χ0) is 12.4. The van der Waals surface area contributed by atoms with Crippen molar-refractivity contribution in [1.82, 2.24) is 9.88 Å². The summed E-state index contributed by atoms with van der Waals surface area (Å²) in [5, 5.41) is 18.4. The number of carbonyl (C=O) groups excluding carboxylic acids is 1. The van der Waals surface area contributed by atoms with Gasteiger partial charge in [0.1, 0.15) is 0 Å². The maximum Gasteiger partial charge on any atom is 0.254 e. The average molecular weight is 238 g/mol. The van der Waals surface area contributed by atoms with E-state index in [0.717, 1.165) is 18.9 Å². The Labute approximate surface area is 97.5 Å². The molecule has 1 amide bonds. The average Bonchev–Trinajstić information content (AvgIpc) is 2.74. The zero-order valence-electron chi connectivity index (χ0n) is 9.22. The van der Waals surface area contributed by atoms with Crippen LogP contribution in [0.1, 0.15) is 23.2 Å². The number of aliphatic hydroxyl groups excluding tert-OH is 1. The molecule has 6 heteroatoms. The number of rotatable bonds is 2. The van der Waals surface area contributed by atoms with E-state index in [1.54, 1.807) is 0 Å². The number of H-pyrrole nitrogens is 1. The fourth-order valence-corrected chi connectivity index (χ4v) is 2.11. The minimum atomic E-state index is -0.520. The third-order valence-corrected chi connectivity index (χ3v) is 2.93. The third kappa shape index (κ3) is 2.31. The summed E-state index contributed by atoms with van der Waals surface area (Å²) in [6.45, 7) is 0.485. The highest BCUT2D eigenvalue weighted by molar-refractivity contribution is 5.94. The molecule has 0 radical (unpaired) electrons. The lowest BCUT2D eigenvalue weighted by molar-refractivity contribution is 0.0677. The lowest BCUT2D eigenvalue weighted by Gasteiger charge is -2.22. The number of aromatic amines is 1. The highest BCUT2D eigenvalue weighted by Gasteiger charge is 2.29. The summed E-state index contributed by atoms with van der Waals surface area (Å²) >= 11 is 0. The van der Waals surface area contributed by atoms with Gasteiger partial charge in [-0.25, -0.2) is 0 Å². The van der Waals surface area contributed by atoms with Gasteiger partial charge in [0.25, 0.3) is 11.5 Å². The molecular weight excluding hydrogens is 224 g/mol. The smallest absolute Gasteiger partial charge is 0.254 e. The van der Waals surface area contributed by atoms with Gasteiger partial charge in [0.05, 0.1) is 18.2 Å². The van der Waals surface area contributed by atoms with E-state index >= 15 is 0 Å². The molecule has 0 unspecified atom stereocenters. The summed E-state index contributed by atoms with van der Waals surface area (Å²) in [5.41, 5.74) is -0.375.